The third-order valence-corrected chi connectivity index (χ3v) is 2.79. The summed E-state index contributed by atoms with van der Waals surface area (Å²) in [5, 5.41) is 0. The van der Waals surface area contributed by atoms with Crippen molar-refractivity contribution in [2.45, 2.75) is 52.4 Å². The summed E-state index contributed by atoms with van der Waals surface area (Å²) in [5.41, 5.74) is 0. The maximum Gasteiger partial charge on any atom is -0.0215 e. The first kappa shape index (κ1) is 8.10. The van der Waals surface area contributed by atoms with E-state index in [1.165, 1.54) is 38.5 Å². The van der Waals surface area contributed by atoms with E-state index in [1.807, 2.05) is 5.92 Å². The van der Waals surface area contributed by atoms with E-state index in [2.05, 4.69) is 13.8 Å². The highest BCUT2D eigenvalue weighted by Crippen LogP contribution is 2.31. The zero-order valence-corrected chi connectivity index (χ0v) is 7.32. The first-order valence-corrected chi connectivity index (χ1v) is 4.69. The van der Waals surface area contributed by atoms with Crippen LogP contribution in [0.5, 0.6) is 0 Å². The molecule has 0 aromatic carbocycles. The van der Waals surface area contributed by atoms with Crippen LogP contribution in [0, 0.1) is 11.8 Å². The Hall–Kier alpha value is 0. The molecular weight excluding hydrogens is 120 g/mol. The van der Waals surface area contributed by atoms with E-state index in [4.69, 9.17) is 0 Å². The molecule has 1 atom stereocenters. The van der Waals surface area contributed by atoms with Crippen molar-refractivity contribution in [2.75, 3.05) is 0 Å². The van der Waals surface area contributed by atoms with Crippen molar-refractivity contribution in [3.05, 3.63) is 5.92 Å². The molecule has 0 heterocycles. The van der Waals surface area contributed by atoms with Crippen molar-refractivity contribution in [2.24, 2.45) is 5.92 Å². The molecule has 1 fully saturated rings. The minimum absolute atomic E-state index is 0.924. The second-order valence-corrected chi connectivity index (χ2v) is 3.51. The van der Waals surface area contributed by atoms with Crippen molar-refractivity contribution < 1.29 is 0 Å². The molecule has 0 aromatic rings. The lowest BCUT2D eigenvalue weighted by Gasteiger charge is -2.17. The fourth-order valence-electron chi connectivity index (χ4n) is 1.96. The number of hydrogen-bond acceptors (Lipinski definition) is 0. The molecule has 0 saturated heterocycles. The summed E-state index contributed by atoms with van der Waals surface area (Å²) in [6.07, 6.45) is 8.56. The summed E-state index contributed by atoms with van der Waals surface area (Å²) in [6.45, 7) is 4.70. The van der Waals surface area contributed by atoms with Crippen LogP contribution in [0.25, 0.3) is 0 Å². The number of rotatable bonds is 1. The molecule has 1 unspecified atom stereocenters. The minimum atomic E-state index is 0.924. The van der Waals surface area contributed by atoms with Crippen LogP contribution in [-0.4, -0.2) is 0 Å². The van der Waals surface area contributed by atoms with E-state index in [0.29, 0.717) is 0 Å². The predicted molar refractivity (Wildman–Crippen MR) is 45.8 cm³/mol. The summed E-state index contributed by atoms with van der Waals surface area (Å²) in [7, 11) is 0. The Morgan fingerprint density at radius 2 is 2.10 bits per heavy atom. The van der Waals surface area contributed by atoms with E-state index in [0.717, 1.165) is 5.92 Å². The van der Waals surface area contributed by atoms with Crippen LogP contribution in [0.3, 0.4) is 0 Å². The quantitative estimate of drug-likeness (QED) is 0.487. The maximum absolute atomic E-state index is 2.39. The van der Waals surface area contributed by atoms with E-state index in [9.17, 15) is 0 Å². The van der Waals surface area contributed by atoms with E-state index in [1.54, 1.807) is 0 Å². The van der Waals surface area contributed by atoms with Crippen molar-refractivity contribution in [3.63, 3.8) is 0 Å². The van der Waals surface area contributed by atoms with Gasteiger partial charge in [-0.3, -0.25) is 0 Å². The molecular formula is C10H19. The van der Waals surface area contributed by atoms with Crippen molar-refractivity contribution >= 4 is 0 Å². The molecule has 0 N–H and O–H groups in total. The molecule has 0 bridgehead atoms. The zero-order valence-electron chi connectivity index (χ0n) is 7.32. The molecule has 1 rings (SSSR count). The highest BCUT2D eigenvalue weighted by atomic mass is 14.2. The van der Waals surface area contributed by atoms with Gasteiger partial charge in [-0.1, -0.05) is 39.5 Å². The summed E-state index contributed by atoms with van der Waals surface area (Å²) >= 11 is 0. The minimum Gasteiger partial charge on any atom is -0.0648 e. The van der Waals surface area contributed by atoms with Gasteiger partial charge in [0.25, 0.3) is 0 Å². The summed E-state index contributed by atoms with van der Waals surface area (Å²) < 4.78 is 0. The van der Waals surface area contributed by atoms with Crippen LogP contribution in [0.1, 0.15) is 52.4 Å². The van der Waals surface area contributed by atoms with E-state index in [-0.39, 0.29) is 0 Å². The number of hydrogen-bond donors (Lipinski definition) is 0. The van der Waals surface area contributed by atoms with E-state index < -0.39 is 0 Å². The van der Waals surface area contributed by atoms with Crippen LogP contribution in [0.4, 0.5) is 0 Å². The predicted octanol–water partition coefficient (Wildman–Crippen LogP) is 3.57. The van der Waals surface area contributed by atoms with Gasteiger partial charge in [-0.25, -0.2) is 0 Å². The average Bonchev–Trinajstić information content (AvgIpc) is 2.13. The molecule has 1 radical (unpaired) electrons. The first-order valence-electron chi connectivity index (χ1n) is 4.69. The van der Waals surface area contributed by atoms with Crippen LogP contribution >= 0.6 is 0 Å². The molecule has 0 heteroatoms. The molecule has 0 aliphatic heterocycles. The fourth-order valence-corrected chi connectivity index (χ4v) is 1.96. The molecule has 59 valence electrons. The van der Waals surface area contributed by atoms with E-state index >= 15 is 0 Å². The van der Waals surface area contributed by atoms with Gasteiger partial charge in [0.2, 0.25) is 0 Å². The Kier molecular flexibility index (Phi) is 3.24. The van der Waals surface area contributed by atoms with Gasteiger partial charge < -0.3 is 0 Å². The van der Waals surface area contributed by atoms with Crippen LogP contribution < -0.4 is 0 Å². The first-order chi connectivity index (χ1) is 4.84. The van der Waals surface area contributed by atoms with Gasteiger partial charge in [0, 0.05) is 0 Å². The van der Waals surface area contributed by atoms with Gasteiger partial charge in [0.05, 0.1) is 0 Å². The second-order valence-electron chi connectivity index (χ2n) is 3.51. The zero-order chi connectivity index (χ0) is 7.40. The van der Waals surface area contributed by atoms with Gasteiger partial charge in [-0.05, 0) is 24.7 Å². The SMILES string of the molecule is CC[C]1CCCCCC1C. The normalized spacial score (nSPS) is 30.0. The van der Waals surface area contributed by atoms with Gasteiger partial charge >= 0.3 is 0 Å². The lowest BCUT2D eigenvalue weighted by atomic mass is 9.88. The van der Waals surface area contributed by atoms with Gasteiger partial charge in [0.1, 0.15) is 0 Å². The third kappa shape index (κ3) is 2.00. The summed E-state index contributed by atoms with van der Waals surface area (Å²) in [6, 6.07) is 0. The topological polar surface area (TPSA) is 0 Å². The Balaban J connectivity index is 2.35. The summed E-state index contributed by atoms with van der Waals surface area (Å²) in [5.74, 6) is 2.74. The summed E-state index contributed by atoms with van der Waals surface area (Å²) in [4.78, 5) is 0. The highest BCUT2D eigenvalue weighted by molar-refractivity contribution is 4.94. The maximum atomic E-state index is 2.39. The van der Waals surface area contributed by atoms with Crippen LogP contribution in [0.15, 0.2) is 0 Å². The molecule has 1 aliphatic rings. The van der Waals surface area contributed by atoms with Crippen molar-refractivity contribution in [3.8, 4) is 0 Å². The Morgan fingerprint density at radius 1 is 1.30 bits per heavy atom. The molecule has 0 aromatic heterocycles. The van der Waals surface area contributed by atoms with Crippen LogP contribution in [0.2, 0.25) is 0 Å². The molecule has 10 heavy (non-hydrogen) atoms. The average molecular weight is 139 g/mol. The van der Waals surface area contributed by atoms with Crippen molar-refractivity contribution in [1.82, 2.24) is 0 Å². The van der Waals surface area contributed by atoms with Gasteiger partial charge in [-0.2, -0.15) is 0 Å². The Labute approximate surface area is 65.0 Å². The Bertz CT molecular complexity index is 86.0. The molecule has 0 nitrogen and oxygen atoms in total. The van der Waals surface area contributed by atoms with Crippen LogP contribution in [-0.2, 0) is 0 Å². The second kappa shape index (κ2) is 4.00. The van der Waals surface area contributed by atoms with Gasteiger partial charge in [0.15, 0.2) is 0 Å². The molecule has 0 spiro atoms. The standard InChI is InChI=1S/C10H19/c1-3-10-8-6-4-5-7-9(10)2/h9H,3-8H2,1-2H3. The Morgan fingerprint density at radius 3 is 2.80 bits per heavy atom. The van der Waals surface area contributed by atoms with Crippen molar-refractivity contribution in [1.29, 1.82) is 0 Å². The lowest BCUT2D eigenvalue weighted by Crippen LogP contribution is -2.05. The smallest absolute Gasteiger partial charge is 0.0215 e. The fraction of sp³-hybridized carbons (Fsp3) is 0.900. The molecule has 1 aliphatic carbocycles. The molecule has 0 amide bonds. The third-order valence-electron chi connectivity index (χ3n) is 2.79. The van der Waals surface area contributed by atoms with Gasteiger partial charge in [-0.15, -0.1) is 0 Å². The highest BCUT2D eigenvalue weighted by Gasteiger charge is 2.17. The largest absolute Gasteiger partial charge is 0.0648 e. The molecule has 1 saturated carbocycles. The lowest BCUT2D eigenvalue weighted by molar-refractivity contribution is 0.517. The monoisotopic (exact) mass is 139 g/mol.